The minimum atomic E-state index is -1.79. The van der Waals surface area contributed by atoms with Gasteiger partial charge in [-0.3, -0.25) is 9.38 Å². The van der Waals surface area contributed by atoms with Gasteiger partial charge in [-0.2, -0.15) is 0 Å². The number of benzene rings is 1. The van der Waals surface area contributed by atoms with E-state index in [-0.39, 0.29) is 22.9 Å². The van der Waals surface area contributed by atoms with Gasteiger partial charge in [-0.1, -0.05) is 20.8 Å². The molecule has 0 aliphatic heterocycles. The molecule has 0 amide bonds. The summed E-state index contributed by atoms with van der Waals surface area (Å²) >= 11 is 0. The van der Waals surface area contributed by atoms with Crippen LogP contribution in [0, 0.1) is 17.0 Å². The van der Waals surface area contributed by atoms with Crippen molar-refractivity contribution in [3.63, 3.8) is 0 Å². The van der Waals surface area contributed by atoms with Gasteiger partial charge < -0.3 is 10.4 Å². The third-order valence-corrected chi connectivity index (χ3v) is 4.90. The molecule has 0 aliphatic rings. The molecular weight excluding hydrogens is 390 g/mol. The third kappa shape index (κ3) is 3.26. The van der Waals surface area contributed by atoms with Crippen LogP contribution < -0.4 is 5.32 Å². The summed E-state index contributed by atoms with van der Waals surface area (Å²) in [4.78, 5) is 16.9. The van der Waals surface area contributed by atoms with Crippen molar-refractivity contribution in [2.75, 3.05) is 5.32 Å². The summed E-state index contributed by atoms with van der Waals surface area (Å²) in [6.07, 6.45) is 7.73. The third-order valence-electron chi connectivity index (χ3n) is 4.90. The van der Waals surface area contributed by atoms with E-state index in [2.05, 4.69) is 25.3 Å². The van der Waals surface area contributed by atoms with Gasteiger partial charge >= 0.3 is 0 Å². The topological polar surface area (TPSA) is 88.2 Å². The fourth-order valence-electron chi connectivity index (χ4n) is 3.25. The average molecular weight is 410 g/mol. The summed E-state index contributed by atoms with van der Waals surface area (Å²) in [5, 5.41) is 15.0. The van der Waals surface area contributed by atoms with Crippen LogP contribution in [0.25, 0.3) is 16.9 Å². The van der Waals surface area contributed by atoms with E-state index in [1.54, 1.807) is 16.7 Å². The van der Waals surface area contributed by atoms with Crippen LogP contribution >= 0.6 is 0 Å². The van der Waals surface area contributed by atoms with Gasteiger partial charge in [0, 0.05) is 41.8 Å². The van der Waals surface area contributed by atoms with E-state index >= 15 is 0 Å². The van der Waals surface area contributed by atoms with Gasteiger partial charge in [0.2, 0.25) is 5.95 Å². The molecule has 30 heavy (non-hydrogen) atoms. The Morgan fingerprint density at radius 3 is 2.47 bits per heavy atom. The molecule has 4 rings (SSSR count). The van der Waals surface area contributed by atoms with Crippen molar-refractivity contribution in [1.82, 2.24) is 24.3 Å². The number of hydrogen-bond donors (Lipinski definition) is 2. The normalized spacial score (nSPS) is 13.9. The number of halogens is 2. The molecule has 0 saturated carbocycles. The highest BCUT2D eigenvalue weighted by atomic mass is 19.1. The van der Waals surface area contributed by atoms with Gasteiger partial charge in [0.15, 0.2) is 11.4 Å². The molecule has 0 aliphatic carbocycles. The zero-order valence-electron chi connectivity index (χ0n) is 16.6. The fourth-order valence-corrected chi connectivity index (χ4v) is 3.25. The van der Waals surface area contributed by atoms with Crippen LogP contribution in [-0.4, -0.2) is 29.4 Å². The van der Waals surface area contributed by atoms with Crippen LogP contribution in [0.1, 0.15) is 26.5 Å². The van der Waals surface area contributed by atoms with E-state index in [9.17, 15) is 13.9 Å². The van der Waals surface area contributed by atoms with Gasteiger partial charge in [-0.05, 0) is 18.2 Å². The Morgan fingerprint density at radius 1 is 1.07 bits per heavy atom. The smallest absolute Gasteiger partial charge is 0.225 e. The molecule has 3 heterocycles. The van der Waals surface area contributed by atoms with Gasteiger partial charge in [0.1, 0.15) is 23.0 Å². The van der Waals surface area contributed by atoms with Crippen molar-refractivity contribution in [1.29, 1.82) is 0 Å². The molecule has 154 valence electrons. The Kier molecular flexibility index (Phi) is 4.70. The second-order valence-corrected chi connectivity index (χ2v) is 7.90. The first-order chi connectivity index (χ1) is 14.2. The van der Waals surface area contributed by atoms with E-state index in [4.69, 9.17) is 0 Å². The maximum absolute atomic E-state index is 14.7. The standard InChI is InChI=1S/C21H20F2N6O/c1-20(2,3)21(30,28-19-25-7-4-8-26-19)18-17(14-6-5-13(22)11-15(14)23)27-16-12-24-9-10-29(16)18/h4-12,30H,1-3H3,(H,25,26,28). The molecule has 0 bridgehead atoms. The second-order valence-electron chi connectivity index (χ2n) is 7.90. The molecule has 0 radical (unpaired) electrons. The summed E-state index contributed by atoms with van der Waals surface area (Å²) in [6, 6.07) is 4.88. The minimum absolute atomic E-state index is 0.0496. The number of aromatic nitrogens is 5. The van der Waals surface area contributed by atoms with E-state index < -0.39 is 22.8 Å². The molecule has 7 nitrogen and oxygen atoms in total. The highest BCUT2D eigenvalue weighted by Crippen LogP contribution is 2.44. The predicted molar refractivity (Wildman–Crippen MR) is 107 cm³/mol. The van der Waals surface area contributed by atoms with E-state index in [0.29, 0.717) is 5.65 Å². The molecule has 2 N–H and O–H groups in total. The lowest BCUT2D eigenvalue weighted by atomic mass is 9.79. The zero-order valence-corrected chi connectivity index (χ0v) is 16.6. The summed E-state index contributed by atoms with van der Waals surface area (Å²) in [6.45, 7) is 5.44. The van der Waals surface area contributed by atoms with Gasteiger partial charge in [-0.15, -0.1) is 0 Å². The lowest BCUT2D eigenvalue weighted by Gasteiger charge is -2.41. The van der Waals surface area contributed by atoms with Crippen molar-refractivity contribution in [2.24, 2.45) is 5.41 Å². The van der Waals surface area contributed by atoms with Crippen LogP contribution in [0.4, 0.5) is 14.7 Å². The molecule has 1 atom stereocenters. The van der Waals surface area contributed by atoms with E-state index in [1.165, 1.54) is 30.9 Å². The van der Waals surface area contributed by atoms with E-state index in [1.807, 2.05) is 20.8 Å². The molecule has 1 aromatic carbocycles. The lowest BCUT2D eigenvalue weighted by Crippen LogP contribution is -2.48. The number of rotatable bonds is 4. The summed E-state index contributed by atoms with van der Waals surface area (Å²) < 4.78 is 29.9. The maximum atomic E-state index is 14.7. The monoisotopic (exact) mass is 410 g/mol. The maximum Gasteiger partial charge on any atom is 0.225 e. The van der Waals surface area contributed by atoms with Crippen molar-refractivity contribution < 1.29 is 13.9 Å². The van der Waals surface area contributed by atoms with Crippen molar-refractivity contribution in [2.45, 2.75) is 26.5 Å². The summed E-state index contributed by atoms with van der Waals surface area (Å²) in [5.74, 6) is -1.31. The number of hydrogen-bond acceptors (Lipinski definition) is 6. The first kappa shape index (κ1) is 19.8. The van der Waals surface area contributed by atoms with Crippen LogP contribution in [0.5, 0.6) is 0 Å². The van der Waals surface area contributed by atoms with Crippen LogP contribution in [0.15, 0.2) is 55.2 Å². The summed E-state index contributed by atoms with van der Waals surface area (Å²) in [5.41, 5.74) is -1.76. The molecule has 9 heteroatoms. The highest BCUT2D eigenvalue weighted by Gasteiger charge is 2.47. The Balaban J connectivity index is 2.03. The van der Waals surface area contributed by atoms with Crippen molar-refractivity contribution in [3.05, 3.63) is 72.6 Å². The van der Waals surface area contributed by atoms with Gasteiger partial charge in [0.05, 0.1) is 6.20 Å². The quantitative estimate of drug-likeness (QED) is 0.498. The Hall–Kier alpha value is -3.46. The molecular formula is C21H20F2N6O. The molecule has 0 fully saturated rings. The molecule has 0 spiro atoms. The van der Waals surface area contributed by atoms with E-state index in [0.717, 1.165) is 12.1 Å². The largest absolute Gasteiger partial charge is 0.365 e. The Bertz CT molecular complexity index is 1210. The number of nitrogens with zero attached hydrogens (tertiary/aromatic N) is 5. The average Bonchev–Trinajstić information content (AvgIpc) is 3.07. The van der Waals surface area contributed by atoms with Crippen molar-refractivity contribution >= 4 is 11.6 Å². The molecule has 0 saturated heterocycles. The molecule has 4 aromatic rings. The predicted octanol–water partition coefficient (Wildman–Crippen LogP) is 3.77. The highest BCUT2D eigenvalue weighted by molar-refractivity contribution is 5.69. The zero-order chi connectivity index (χ0) is 21.5. The molecule has 1 unspecified atom stereocenters. The lowest BCUT2D eigenvalue weighted by molar-refractivity contribution is -0.0422. The first-order valence-electron chi connectivity index (χ1n) is 9.26. The second kappa shape index (κ2) is 7.10. The van der Waals surface area contributed by atoms with Gasteiger partial charge in [-0.25, -0.2) is 23.7 Å². The molecule has 3 aromatic heterocycles. The number of imidazole rings is 1. The number of anilines is 1. The number of aliphatic hydroxyl groups is 1. The SMILES string of the molecule is CC(C)(C)C(O)(Nc1ncccn1)c1c(-c2ccc(F)cc2F)nc2cnccn12. The number of fused-ring (bicyclic) bond motifs is 1. The van der Waals surface area contributed by atoms with Crippen molar-refractivity contribution in [3.8, 4) is 11.3 Å². The first-order valence-corrected chi connectivity index (χ1v) is 9.26. The van der Waals surface area contributed by atoms with Crippen LogP contribution in [0.2, 0.25) is 0 Å². The van der Waals surface area contributed by atoms with Crippen LogP contribution in [0.3, 0.4) is 0 Å². The summed E-state index contributed by atoms with van der Waals surface area (Å²) in [7, 11) is 0. The minimum Gasteiger partial charge on any atom is -0.365 e. The fraction of sp³-hybridized carbons (Fsp3) is 0.238. The Morgan fingerprint density at radius 2 is 1.80 bits per heavy atom. The number of nitrogens with one attached hydrogen (secondary N) is 1. The Labute approximate surface area is 171 Å². The van der Waals surface area contributed by atoms with Gasteiger partial charge in [0.25, 0.3) is 0 Å². The van der Waals surface area contributed by atoms with Crippen LogP contribution in [-0.2, 0) is 5.72 Å².